The van der Waals surface area contributed by atoms with Crippen LogP contribution in [0, 0.1) is 0 Å². The van der Waals surface area contributed by atoms with Crippen molar-refractivity contribution in [1.82, 2.24) is 4.72 Å². The minimum atomic E-state index is -4.50. The van der Waals surface area contributed by atoms with Crippen LogP contribution in [0.1, 0.15) is 6.42 Å². The molecule has 0 fully saturated rings. The molecule has 0 bridgehead atoms. The number of halogens is 4. The Kier molecular flexibility index (Phi) is 5.06. The van der Waals surface area contributed by atoms with Crippen molar-refractivity contribution in [3.05, 3.63) is 24.3 Å². The second-order valence-electron chi connectivity index (χ2n) is 3.68. The fraction of sp³-hybridized carbons (Fsp3) is 0.333. The summed E-state index contributed by atoms with van der Waals surface area (Å²) < 4.78 is 83.0. The van der Waals surface area contributed by atoms with E-state index in [0.29, 0.717) is 0 Å². The highest BCUT2D eigenvalue weighted by Crippen LogP contribution is 2.21. The zero-order valence-electron chi connectivity index (χ0n) is 9.68. The topological polar surface area (TPSA) is 80.3 Å². The van der Waals surface area contributed by atoms with E-state index in [1.54, 1.807) is 4.72 Å². The van der Waals surface area contributed by atoms with Gasteiger partial charge in [-0.2, -0.15) is 13.2 Å². The molecule has 0 aromatic heterocycles. The average Bonchev–Trinajstić information content (AvgIpc) is 2.26. The molecule has 0 aliphatic rings. The predicted octanol–water partition coefficient (Wildman–Crippen LogP) is 1.84. The van der Waals surface area contributed by atoms with Gasteiger partial charge in [0.1, 0.15) is 0 Å². The Morgan fingerprint density at radius 1 is 1.10 bits per heavy atom. The Balaban J connectivity index is 2.94. The van der Waals surface area contributed by atoms with Gasteiger partial charge in [-0.15, -0.1) is 0 Å². The summed E-state index contributed by atoms with van der Waals surface area (Å²) in [5, 5.41) is 0. The molecule has 0 atom stereocenters. The molecule has 1 aromatic carbocycles. The van der Waals surface area contributed by atoms with Crippen LogP contribution >= 0.6 is 10.7 Å². The largest absolute Gasteiger partial charge is 0.390 e. The van der Waals surface area contributed by atoms with Crippen LogP contribution in [-0.4, -0.2) is 29.6 Å². The van der Waals surface area contributed by atoms with Gasteiger partial charge in [0.15, 0.2) is 0 Å². The van der Waals surface area contributed by atoms with Gasteiger partial charge in [0, 0.05) is 17.2 Å². The zero-order chi connectivity index (χ0) is 15.6. The first-order valence-electron chi connectivity index (χ1n) is 5.03. The van der Waals surface area contributed by atoms with E-state index in [4.69, 9.17) is 10.7 Å². The van der Waals surface area contributed by atoms with Crippen molar-refractivity contribution < 1.29 is 30.0 Å². The van der Waals surface area contributed by atoms with Gasteiger partial charge >= 0.3 is 6.18 Å². The van der Waals surface area contributed by atoms with E-state index in [-0.39, 0.29) is 0 Å². The normalized spacial score (nSPS) is 13.4. The lowest BCUT2D eigenvalue weighted by Gasteiger charge is -2.09. The molecular weight excluding hydrogens is 343 g/mol. The van der Waals surface area contributed by atoms with Crippen molar-refractivity contribution in [3.63, 3.8) is 0 Å². The van der Waals surface area contributed by atoms with E-state index in [2.05, 4.69) is 0 Å². The van der Waals surface area contributed by atoms with Crippen molar-refractivity contribution in [1.29, 1.82) is 0 Å². The molecule has 0 saturated carbocycles. The number of sulfonamides is 1. The molecule has 0 heterocycles. The predicted molar refractivity (Wildman–Crippen MR) is 65.3 cm³/mol. The number of rotatable bonds is 5. The first-order valence-corrected chi connectivity index (χ1v) is 8.82. The van der Waals surface area contributed by atoms with Crippen molar-refractivity contribution in [2.75, 3.05) is 6.54 Å². The highest BCUT2D eigenvalue weighted by molar-refractivity contribution is 8.13. The van der Waals surface area contributed by atoms with Gasteiger partial charge in [-0.05, 0) is 18.2 Å². The molecule has 11 heteroatoms. The molecule has 5 nitrogen and oxygen atoms in total. The SMILES string of the molecule is O=S(=O)(Cl)c1cccc(S(=O)(=O)NCCC(F)(F)F)c1. The monoisotopic (exact) mass is 351 g/mol. The molecule has 0 unspecified atom stereocenters. The van der Waals surface area contributed by atoms with Gasteiger partial charge in [-0.25, -0.2) is 21.6 Å². The summed E-state index contributed by atoms with van der Waals surface area (Å²) >= 11 is 0. The van der Waals surface area contributed by atoms with Crippen molar-refractivity contribution in [2.45, 2.75) is 22.4 Å². The Labute approximate surface area is 118 Å². The molecule has 0 radical (unpaired) electrons. The average molecular weight is 352 g/mol. The second kappa shape index (κ2) is 5.88. The fourth-order valence-corrected chi connectivity index (χ4v) is 3.15. The first kappa shape index (κ1) is 17.2. The maximum atomic E-state index is 11.9. The van der Waals surface area contributed by atoms with Gasteiger partial charge < -0.3 is 0 Å². The van der Waals surface area contributed by atoms with Crippen LogP contribution in [0.25, 0.3) is 0 Å². The van der Waals surface area contributed by atoms with Crippen LogP contribution in [0.3, 0.4) is 0 Å². The maximum Gasteiger partial charge on any atom is 0.390 e. The molecular formula is C9H9ClF3NO4S2. The molecule has 0 amide bonds. The van der Waals surface area contributed by atoms with Gasteiger partial charge in [0.25, 0.3) is 9.05 Å². The fourth-order valence-electron chi connectivity index (χ4n) is 1.20. The standard InChI is InChI=1S/C9H9ClF3NO4S2/c10-19(15,16)7-2-1-3-8(6-7)20(17,18)14-5-4-9(11,12)13/h1-3,6,14H,4-5H2. The van der Waals surface area contributed by atoms with Gasteiger partial charge in [0.05, 0.1) is 16.2 Å². The van der Waals surface area contributed by atoms with E-state index in [0.717, 1.165) is 24.3 Å². The second-order valence-corrected chi connectivity index (χ2v) is 8.01. The number of benzene rings is 1. The highest BCUT2D eigenvalue weighted by Gasteiger charge is 2.27. The van der Waals surface area contributed by atoms with Gasteiger partial charge in [-0.3, -0.25) is 0 Å². The Bertz CT molecular complexity index is 685. The smallest absolute Gasteiger partial charge is 0.211 e. The van der Waals surface area contributed by atoms with Crippen LogP contribution in [0.2, 0.25) is 0 Å². The molecule has 20 heavy (non-hydrogen) atoms. The third-order valence-corrected chi connectivity index (χ3v) is 4.91. The summed E-state index contributed by atoms with van der Waals surface area (Å²) in [6, 6.07) is 3.99. The van der Waals surface area contributed by atoms with Crippen LogP contribution in [0.15, 0.2) is 34.1 Å². The maximum absolute atomic E-state index is 11.9. The summed E-state index contributed by atoms with van der Waals surface area (Å²) in [5.74, 6) is 0. The van der Waals surface area contributed by atoms with Crippen molar-refractivity contribution >= 4 is 29.8 Å². The molecule has 0 aliphatic heterocycles. The van der Waals surface area contributed by atoms with Crippen molar-refractivity contribution in [3.8, 4) is 0 Å². The van der Waals surface area contributed by atoms with Crippen LogP contribution in [0.5, 0.6) is 0 Å². The number of hydrogen-bond donors (Lipinski definition) is 1. The molecule has 1 N–H and O–H groups in total. The van der Waals surface area contributed by atoms with Gasteiger partial charge in [0.2, 0.25) is 10.0 Å². The molecule has 114 valence electrons. The molecule has 1 aromatic rings. The van der Waals surface area contributed by atoms with E-state index in [1.165, 1.54) is 0 Å². The molecule has 0 aliphatic carbocycles. The van der Waals surface area contributed by atoms with E-state index in [1.807, 2.05) is 0 Å². The zero-order valence-corrected chi connectivity index (χ0v) is 12.1. The number of alkyl halides is 3. The van der Waals surface area contributed by atoms with Crippen LogP contribution in [-0.2, 0) is 19.1 Å². The lowest BCUT2D eigenvalue weighted by Crippen LogP contribution is -2.28. The third-order valence-electron chi connectivity index (χ3n) is 2.10. The molecule has 1 rings (SSSR count). The van der Waals surface area contributed by atoms with Gasteiger partial charge in [-0.1, -0.05) is 6.07 Å². The minimum absolute atomic E-state index is 0.460. The van der Waals surface area contributed by atoms with E-state index >= 15 is 0 Å². The van der Waals surface area contributed by atoms with Crippen molar-refractivity contribution in [2.24, 2.45) is 0 Å². The lowest BCUT2D eigenvalue weighted by molar-refractivity contribution is -0.132. The molecule has 0 spiro atoms. The summed E-state index contributed by atoms with van der Waals surface area (Å²) in [4.78, 5) is -0.945. The summed E-state index contributed by atoms with van der Waals surface area (Å²) in [7, 11) is -3.31. The number of hydrogen-bond acceptors (Lipinski definition) is 4. The highest BCUT2D eigenvalue weighted by atomic mass is 35.7. The minimum Gasteiger partial charge on any atom is -0.211 e. The van der Waals surface area contributed by atoms with E-state index < -0.39 is 48.0 Å². The summed E-state index contributed by atoms with van der Waals surface area (Å²) in [6.07, 6.45) is -5.83. The third kappa shape index (κ3) is 5.27. The van der Waals surface area contributed by atoms with Crippen LogP contribution in [0.4, 0.5) is 13.2 Å². The quantitative estimate of drug-likeness (QED) is 0.821. The Morgan fingerprint density at radius 2 is 1.65 bits per heavy atom. The van der Waals surface area contributed by atoms with Crippen LogP contribution < -0.4 is 4.72 Å². The summed E-state index contributed by atoms with van der Waals surface area (Å²) in [5.41, 5.74) is 0. The Hall–Kier alpha value is -0.840. The van der Waals surface area contributed by atoms with E-state index in [9.17, 15) is 30.0 Å². The lowest BCUT2D eigenvalue weighted by atomic mass is 10.4. The first-order chi connectivity index (χ1) is 8.92. The summed E-state index contributed by atoms with van der Waals surface area (Å²) in [6.45, 7) is -0.844. The molecule has 0 saturated heterocycles. The number of nitrogens with one attached hydrogen (secondary N) is 1. The Morgan fingerprint density at radius 3 is 2.15 bits per heavy atom.